The zero-order valence-corrected chi connectivity index (χ0v) is 12.3. The molecule has 21 heavy (non-hydrogen) atoms. The number of nitrogens with one attached hydrogen (secondary N) is 1. The Bertz CT molecular complexity index is 552. The topological polar surface area (TPSA) is 62.3 Å². The van der Waals surface area contributed by atoms with E-state index in [0.717, 1.165) is 31.4 Å². The van der Waals surface area contributed by atoms with E-state index in [0.29, 0.717) is 5.82 Å². The molecule has 3 rings (SSSR count). The average Bonchev–Trinajstić information content (AvgIpc) is 2.74. The minimum absolute atomic E-state index is 0.0444. The second-order valence-corrected chi connectivity index (χ2v) is 5.96. The molecule has 112 valence electrons. The number of anilines is 1. The van der Waals surface area contributed by atoms with Crippen molar-refractivity contribution in [3.63, 3.8) is 0 Å². The third kappa shape index (κ3) is 2.91. The number of carbonyl (C=O) groups is 2. The lowest BCUT2D eigenvalue weighted by Gasteiger charge is -2.29. The lowest BCUT2D eigenvalue weighted by Crippen LogP contribution is -2.43. The first-order valence-electron chi connectivity index (χ1n) is 7.71. The fourth-order valence-corrected chi connectivity index (χ4v) is 3.29. The van der Waals surface area contributed by atoms with E-state index in [9.17, 15) is 9.59 Å². The molecule has 1 aliphatic carbocycles. The molecule has 5 heteroatoms. The van der Waals surface area contributed by atoms with Gasteiger partial charge in [0.1, 0.15) is 11.9 Å². The van der Waals surface area contributed by atoms with E-state index in [1.54, 1.807) is 0 Å². The summed E-state index contributed by atoms with van der Waals surface area (Å²) in [6, 6.07) is 5.27. The Morgan fingerprint density at radius 2 is 1.95 bits per heavy atom. The molecule has 2 heterocycles. The lowest BCUT2D eigenvalue weighted by molar-refractivity contribution is -0.141. The van der Waals surface area contributed by atoms with Crippen molar-refractivity contribution in [2.24, 2.45) is 0 Å². The van der Waals surface area contributed by atoms with Crippen LogP contribution in [0.15, 0.2) is 18.2 Å². The first kappa shape index (κ1) is 14.0. The number of nitrogens with zero attached hydrogens (tertiary/aromatic N) is 2. The maximum absolute atomic E-state index is 12.5. The van der Waals surface area contributed by atoms with Crippen LogP contribution in [0.4, 0.5) is 5.82 Å². The Balaban J connectivity index is 1.71. The van der Waals surface area contributed by atoms with Gasteiger partial charge in [0, 0.05) is 11.7 Å². The maximum atomic E-state index is 12.5. The van der Waals surface area contributed by atoms with Gasteiger partial charge in [0.25, 0.3) is 5.91 Å². The van der Waals surface area contributed by atoms with Crippen molar-refractivity contribution in [2.45, 2.75) is 57.5 Å². The van der Waals surface area contributed by atoms with Gasteiger partial charge in [-0.3, -0.25) is 14.5 Å². The van der Waals surface area contributed by atoms with Crippen LogP contribution in [-0.2, 0) is 9.59 Å². The largest absolute Gasteiger partial charge is 0.358 e. The summed E-state index contributed by atoms with van der Waals surface area (Å²) in [6.45, 7) is 1.90. The Kier molecular flexibility index (Phi) is 3.90. The van der Waals surface area contributed by atoms with Crippen LogP contribution in [0.5, 0.6) is 0 Å². The van der Waals surface area contributed by atoms with Crippen LogP contribution in [0.2, 0.25) is 0 Å². The third-order valence-electron chi connectivity index (χ3n) is 4.33. The number of amides is 2. The molecule has 5 nitrogen and oxygen atoms in total. The minimum Gasteiger partial charge on any atom is -0.358 e. The van der Waals surface area contributed by atoms with Gasteiger partial charge in [-0.25, -0.2) is 4.98 Å². The van der Waals surface area contributed by atoms with Gasteiger partial charge in [0.2, 0.25) is 5.91 Å². The molecule has 0 radical (unpaired) electrons. The molecule has 0 aromatic carbocycles. The molecule has 0 bridgehead atoms. The number of aromatic nitrogens is 1. The van der Waals surface area contributed by atoms with Crippen LogP contribution in [-0.4, -0.2) is 33.8 Å². The van der Waals surface area contributed by atoms with Crippen LogP contribution in [0.3, 0.4) is 0 Å². The molecule has 1 N–H and O–H groups in total. The SMILES string of the molecule is Cc1cccc(NC2CC(=O)N(C3CCCCC3)C2=O)n1. The van der Waals surface area contributed by atoms with Crippen molar-refractivity contribution in [1.29, 1.82) is 0 Å². The molecule has 1 unspecified atom stereocenters. The predicted molar refractivity (Wildman–Crippen MR) is 79.7 cm³/mol. The van der Waals surface area contributed by atoms with Gasteiger partial charge in [0.15, 0.2) is 0 Å². The van der Waals surface area contributed by atoms with Crippen LogP contribution in [0, 0.1) is 6.92 Å². The summed E-state index contributed by atoms with van der Waals surface area (Å²) in [6.07, 6.45) is 5.57. The summed E-state index contributed by atoms with van der Waals surface area (Å²) in [4.78, 5) is 30.6. The second kappa shape index (κ2) is 5.84. The maximum Gasteiger partial charge on any atom is 0.252 e. The number of hydrogen-bond acceptors (Lipinski definition) is 4. The van der Waals surface area contributed by atoms with E-state index >= 15 is 0 Å². The Hall–Kier alpha value is -1.91. The highest BCUT2D eigenvalue weighted by atomic mass is 16.2. The summed E-state index contributed by atoms with van der Waals surface area (Å²) in [5.74, 6) is 0.527. The van der Waals surface area contributed by atoms with Gasteiger partial charge >= 0.3 is 0 Å². The van der Waals surface area contributed by atoms with E-state index in [2.05, 4.69) is 10.3 Å². The van der Waals surface area contributed by atoms with Crippen LogP contribution >= 0.6 is 0 Å². The number of hydrogen-bond donors (Lipinski definition) is 1. The van der Waals surface area contributed by atoms with Gasteiger partial charge in [-0.2, -0.15) is 0 Å². The number of likely N-dealkylation sites (tertiary alicyclic amines) is 1. The molecule has 1 aromatic heterocycles. The second-order valence-electron chi connectivity index (χ2n) is 5.96. The molecule has 2 amide bonds. The highest BCUT2D eigenvalue weighted by Crippen LogP contribution is 2.28. The highest BCUT2D eigenvalue weighted by molar-refractivity contribution is 6.07. The van der Waals surface area contributed by atoms with Crippen molar-refractivity contribution in [3.05, 3.63) is 23.9 Å². The van der Waals surface area contributed by atoms with Crippen LogP contribution in [0.25, 0.3) is 0 Å². The molecule has 1 saturated heterocycles. The number of imide groups is 1. The number of rotatable bonds is 3. The third-order valence-corrected chi connectivity index (χ3v) is 4.33. The molecule has 1 aromatic rings. The van der Waals surface area contributed by atoms with Crippen molar-refractivity contribution in [2.75, 3.05) is 5.32 Å². The van der Waals surface area contributed by atoms with Crippen LogP contribution in [0.1, 0.15) is 44.2 Å². The summed E-state index contributed by atoms with van der Waals surface area (Å²) in [5.41, 5.74) is 0.890. The zero-order chi connectivity index (χ0) is 14.8. The molecule has 2 aliphatic rings. The predicted octanol–water partition coefficient (Wildman–Crippen LogP) is 2.26. The fraction of sp³-hybridized carbons (Fsp3) is 0.562. The molecular formula is C16H21N3O2. The van der Waals surface area contributed by atoms with Crippen molar-refractivity contribution in [1.82, 2.24) is 9.88 Å². The minimum atomic E-state index is -0.464. The van der Waals surface area contributed by atoms with Gasteiger partial charge in [-0.15, -0.1) is 0 Å². The molecule has 2 fully saturated rings. The summed E-state index contributed by atoms with van der Waals surface area (Å²) in [7, 11) is 0. The molecular weight excluding hydrogens is 266 g/mol. The highest BCUT2D eigenvalue weighted by Gasteiger charge is 2.42. The Labute approximate surface area is 124 Å². The van der Waals surface area contributed by atoms with E-state index < -0.39 is 6.04 Å². The number of pyridine rings is 1. The molecule has 1 atom stereocenters. The quantitative estimate of drug-likeness (QED) is 0.866. The summed E-state index contributed by atoms with van der Waals surface area (Å²) >= 11 is 0. The number of aryl methyl sites for hydroxylation is 1. The van der Waals surface area contributed by atoms with E-state index in [-0.39, 0.29) is 24.3 Å². The van der Waals surface area contributed by atoms with Crippen molar-refractivity contribution >= 4 is 17.6 Å². The zero-order valence-electron chi connectivity index (χ0n) is 12.3. The smallest absolute Gasteiger partial charge is 0.252 e. The standard InChI is InChI=1S/C16H21N3O2/c1-11-6-5-9-14(17-11)18-13-10-15(20)19(16(13)21)12-7-3-2-4-8-12/h5-6,9,12-13H,2-4,7-8,10H2,1H3,(H,17,18). The normalized spacial score (nSPS) is 23.7. The van der Waals surface area contributed by atoms with Gasteiger partial charge in [-0.1, -0.05) is 25.3 Å². The van der Waals surface area contributed by atoms with E-state index in [1.807, 2.05) is 25.1 Å². The molecule has 0 spiro atoms. The van der Waals surface area contributed by atoms with Crippen molar-refractivity contribution in [3.8, 4) is 0 Å². The first-order valence-corrected chi connectivity index (χ1v) is 7.71. The number of carbonyl (C=O) groups excluding carboxylic acids is 2. The van der Waals surface area contributed by atoms with Gasteiger partial charge < -0.3 is 5.32 Å². The first-order chi connectivity index (χ1) is 10.1. The van der Waals surface area contributed by atoms with Gasteiger partial charge in [-0.05, 0) is 31.9 Å². The van der Waals surface area contributed by atoms with Gasteiger partial charge in [0.05, 0.1) is 6.42 Å². The fourth-order valence-electron chi connectivity index (χ4n) is 3.29. The van der Waals surface area contributed by atoms with Crippen LogP contribution < -0.4 is 5.32 Å². The summed E-state index contributed by atoms with van der Waals surface area (Å²) < 4.78 is 0. The average molecular weight is 287 g/mol. The molecule has 1 saturated carbocycles. The Morgan fingerprint density at radius 1 is 1.19 bits per heavy atom. The Morgan fingerprint density at radius 3 is 2.67 bits per heavy atom. The monoisotopic (exact) mass is 287 g/mol. The molecule has 1 aliphatic heterocycles. The summed E-state index contributed by atoms with van der Waals surface area (Å²) in [5, 5.41) is 3.11. The lowest BCUT2D eigenvalue weighted by atomic mass is 9.94. The van der Waals surface area contributed by atoms with Crippen molar-refractivity contribution < 1.29 is 9.59 Å². The van der Waals surface area contributed by atoms with E-state index in [4.69, 9.17) is 0 Å². The van der Waals surface area contributed by atoms with E-state index in [1.165, 1.54) is 11.3 Å².